The fourth-order valence-corrected chi connectivity index (χ4v) is 3.81. The summed E-state index contributed by atoms with van der Waals surface area (Å²) in [6.07, 6.45) is 7.01. The summed E-state index contributed by atoms with van der Waals surface area (Å²) in [5.74, 6) is 0.488. The average molecular weight is 517 g/mol. The molecule has 8 nitrogen and oxygen atoms in total. The number of benzene rings is 2. The molecule has 0 bridgehead atoms. The Hall–Kier alpha value is -3.98. The molecule has 0 spiro atoms. The van der Waals surface area contributed by atoms with E-state index in [1.165, 1.54) is 0 Å². The number of ether oxygens (including phenoxy) is 1. The Morgan fingerprint density at radius 2 is 1.82 bits per heavy atom. The van der Waals surface area contributed by atoms with Crippen LogP contribution in [-0.2, 0) is 13.3 Å². The number of nitrogens with zero attached hydrogens (tertiary/aromatic N) is 5. The van der Waals surface area contributed by atoms with Crippen molar-refractivity contribution in [3.8, 4) is 17.0 Å². The van der Waals surface area contributed by atoms with Crippen molar-refractivity contribution in [2.45, 2.75) is 20.2 Å². The fourth-order valence-electron chi connectivity index (χ4n) is 3.55. The van der Waals surface area contributed by atoms with E-state index in [0.29, 0.717) is 16.9 Å². The van der Waals surface area contributed by atoms with E-state index in [9.17, 15) is 4.79 Å². The second-order valence-electron chi connectivity index (χ2n) is 7.61. The third-order valence-corrected chi connectivity index (χ3v) is 5.81. The SMILES string of the molecule is CCn1cc(-c2cc(C(=O)Nc3cnn(COc4ccc(Br)cc4)c3)c3ccccc3n2)cn1. The van der Waals surface area contributed by atoms with E-state index in [4.69, 9.17) is 9.72 Å². The first-order chi connectivity index (χ1) is 16.6. The second-order valence-corrected chi connectivity index (χ2v) is 8.52. The third kappa shape index (κ3) is 4.69. The molecule has 0 aliphatic carbocycles. The number of aromatic nitrogens is 5. The smallest absolute Gasteiger partial charge is 0.256 e. The highest BCUT2D eigenvalue weighted by Crippen LogP contribution is 2.25. The van der Waals surface area contributed by atoms with Crippen molar-refractivity contribution in [1.82, 2.24) is 24.5 Å². The van der Waals surface area contributed by atoms with Crippen molar-refractivity contribution in [3.05, 3.63) is 89.4 Å². The maximum Gasteiger partial charge on any atom is 0.256 e. The summed E-state index contributed by atoms with van der Waals surface area (Å²) < 4.78 is 10.2. The van der Waals surface area contributed by atoms with Gasteiger partial charge in [-0.2, -0.15) is 10.2 Å². The molecule has 0 saturated carbocycles. The summed E-state index contributed by atoms with van der Waals surface area (Å²) in [5.41, 5.74) is 3.41. The second kappa shape index (κ2) is 9.48. The molecule has 0 saturated heterocycles. The van der Waals surface area contributed by atoms with Crippen LogP contribution >= 0.6 is 15.9 Å². The molecule has 0 aliphatic heterocycles. The Morgan fingerprint density at radius 1 is 1.03 bits per heavy atom. The molecule has 0 radical (unpaired) electrons. The van der Waals surface area contributed by atoms with Gasteiger partial charge in [-0.05, 0) is 43.3 Å². The largest absolute Gasteiger partial charge is 0.471 e. The highest BCUT2D eigenvalue weighted by atomic mass is 79.9. The molecule has 3 aromatic heterocycles. The lowest BCUT2D eigenvalue weighted by Crippen LogP contribution is -2.13. The summed E-state index contributed by atoms with van der Waals surface area (Å²) in [6.45, 7) is 3.01. The number of amides is 1. The van der Waals surface area contributed by atoms with E-state index in [2.05, 4.69) is 31.4 Å². The molecule has 3 heterocycles. The minimum absolute atomic E-state index is 0.223. The summed E-state index contributed by atoms with van der Waals surface area (Å²) in [6, 6.07) is 17.0. The molecule has 0 fully saturated rings. The molecule has 5 aromatic rings. The van der Waals surface area contributed by atoms with Crippen molar-refractivity contribution in [2.75, 3.05) is 5.32 Å². The van der Waals surface area contributed by atoms with E-state index < -0.39 is 0 Å². The quantitative estimate of drug-likeness (QED) is 0.314. The number of para-hydroxylation sites is 1. The van der Waals surface area contributed by atoms with Gasteiger partial charge in [-0.25, -0.2) is 9.67 Å². The normalized spacial score (nSPS) is 11.0. The van der Waals surface area contributed by atoms with E-state index in [1.807, 2.05) is 66.3 Å². The van der Waals surface area contributed by atoms with Gasteiger partial charge in [-0.1, -0.05) is 34.1 Å². The zero-order valence-electron chi connectivity index (χ0n) is 18.4. The summed E-state index contributed by atoms with van der Waals surface area (Å²) in [4.78, 5) is 18.0. The van der Waals surface area contributed by atoms with Gasteiger partial charge >= 0.3 is 0 Å². The Balaban J connectivity index is 1.36. The highest BCUT2D eigenvalue weighted by Gasteiger charge is 2.16. The molecule has 0 unspecified atom stereocenters. The average Bonchev–Trinajstić information content (AvgIpc) is 3.52. The third-order valence-electron chi connectivity index (χ3n) is 5.28. The zero-order valence-corrected chi connectivity index (χ0v) is 19.9. The van der Waals surface area contributed by atoms with Gasteiger partial charge < -0.3 is 10.1 Å². The van der Waals surface area contributed by atoms with Gasteiger partial charge in [-0.15, -0.1) is 0 Å². The van der Waals surface area contributed by atoms with Gasteiger partial charge in [0, 0.05) is 28.2 Å². The minimum Gasteiger partial charge on any atom is -0.471 e. The summed E-state index contributed by atoms with van der Waals surface area (Å²) >= 11 is 3.40. The zero-order chi connectivity index (χ0) is 23.5. The van der Waals surface area contributed by atoms with Crippen molar-refractivity contribution in [3.63, 3.8) is 0 Å². The Labute approximate surface area is 204 Å². The monoisotopic (exact) mass is 516 g/mol. The van der Waals surface area contributed by atoms with E-state index in [-0.39, 0.29) is 12.6 Å². The topological polar surface area (TPSA) is 86.9 Å². The van der Waals surface area contributed by atoms with Gasteiger partial charge in [0.2, 0.25) is 0 Å². The molecular formula is C25H21BrN6O2. The predicted octanol–water partition coefficient (Wildman–Crippen LogP) is 5.37. The van der Waals surface area contributed by atoms with Gasteiger partial charge in [0.05, 0.1) is 41.1 Å². The number of carbonyl (C=O) groups excluding carboxylic acids is 1. The standard InChI is InChI=1S/C25H21BrN6O2/c1-2-31-14-17(12-27-31)24-11-22(21-5-3-4-6-23(21)30-24)25(33)29-19-13-28-32(15-19)16-34-20-9-7-18(26)8-10-20/h3-15H,2,16H2,1H3,(H,29,33). The van der Waals surface area contributed by atoms with Crippen LogP contribution in [0.4, 0.5) is 5.69 Å². The number of halogens is 1. The molecule has 34 heavy (non-hydrogen) atoms. The maximum atomic E-state index is 13.3. The Kier molecular flexibility index (Phi) is 6.09. The number of hydrogen-bond donors (Lipinski definition) is 1. The molecule has 1 N–H and O–H groups in total. The lowest BCUT2D eigenvalue weighted by atomic mass is 10.0. The molecule has 1 amide bonds. The maximum absolute atomic E-state index is 13.3. The van der Waals surface area contributed by atoms with Crippen molar-refractivity contribution >= 4 is 38.4 Å². The number of pyridine rings is 1. The Morgan fingerprint density at radius 3 is 2.62 bits per heavy atom. The number of aryl methyl sites for hydroxylation is 1. The van der Waals surface area contributed by atoms with Crippen LogP contribution in [-0.4, -0.2) is 30.5 Å². The van der Waals surface area contributed by atoms with Gasteiger partial charge in [0.1, 0.15) is 5.75 Å². The van der Waals surface area contributed by atoms with E-state index in [0.717, 1.165) is 33.2 Å². The van der Waals surface area contributed by atoms with Crippen molar-refractivity contribution < 1.29 is 9.53 Å². The van der Waals surface area contributed by atoms with Gasteiger partial charge in [0.25, 0.3) is 5.91 Å². The lowest BCUT2D eigenvalue weighted by Gasteiger charge is -2.09. The number of fused-ring (bicyclic) bond motifs is 1. The van der Waals surface area contributed by atoms with E-state index in [1.54, 1.807) is 29.3 Å². The molecule has 9 heteroatoms. The minimum atomic E-state index is -0.240. The Bertz CT molecular complexity index is 1460. The van der Waals surface area contributed by atoms with Crippen LogP contribution in [0.15, 0.2) is 83.9 Å². The fraction of sp³-hybridized carbons (Fsp3) is 0.120. The first-order valence-corrected chi connectivity index (χ1v) is 11.5. The number of carbonyl (C=O) groups is 1. The van der Waals surface area contributed by atoms with Gasteiger partial charge in [-0.3, -0.25) is 9.48 Å². The summed E-state index contributed by atoms with van der Waals surface area (Å²) in [7, 11) is 0. The van der Waals surface area contributed by atoms with Crippen LogP contribution in [0.2, 0.25) is 0 Å². The lowest BCUT2D eigenvalue weighted by molar-refractivity contribution is 0.102. The molecule has 5 rings (SSSR count). The van der Waals surface area contributed by atoms with Crippen LogP contribution in [0, 0.1) is 0 Å². The first-order valence-electron chi connectivity index (χ1n) is 10.7. The predicted molar refractivity (Wildman–Crippen MR) is 134 cm³/mol. The summed E-state index contributed by atoms with van der Waals surface area (Å²) in [5, 5.41) is 12.3. The molecule has 2 aromatic carbocycles. The van der Waals surface area contributed by atoms with Crippen LogP contribution in [0.1, 0.15) is 17.3 Å². The number of anilines is 1. The molecule has 0 aliphatic rings. The van der Waals surface area contributed by atoms with Crippen molar-refractivity contribution in [1.29, 1.82) is 0 Å². The molecular weight excluding hydrogens is 496 g/mol. The van der Waals surface area contributed by atoms with E-state index >= 15 is 0 Å². The highest BCUT2D eigenvalue weighted by molar-refractivity contribution is 9.10. The number of nitrogens with one attached hydrogen (secondary N) is 1. The first kappa shape index (κ1) is 21.8. The van der Waals surface area contributed by atoms with Crippen LogP contribution < -0.4 is 10.1 Å². The number of hydrogen-bond acceptors (Lipinski definition) is 5. The molecule has 0 atom stereocenters. The van der Waals surface area contributed by atoms with Gasteiger partial charge in [0.15, 0.2) is 6.73 Å². The van der Waals surface area contributed by atoms with Crippen LogP contribution in [0.3, 0.4) is 0 Å². The van der Waals surface area contributed by atoms with Crippen LogP contribution in [0.5, 0.6) is 5.75 Å². The number of rotatable bonds is 7. The van der Waals surface area contributed by atoms with Crippen LogP contribution in [0.25, 0.3) is 22.2 Å². The van der Waals surface area contributed by atoms with Crippen molar-refractivity contribution in [2.24, 2.45) is 0 Å². The molecule has 170 valence electrons.